The highest BCUT2D eigenvalue weighted by molar-refractivity contribution is 7.09. The summed E-state index contributed by atoms with van der Waals surface area (Å²) in [5.74, 6) is 1.28. The lowest BCUT2D eigenvalue weighted by molar-refractivity contribution is -0.131. The number of hydrogen-bond donors (Lipinski definition) is 0. The Hall–Kier alpha value is -1.69. The maximum Gasteiger partial charge on any atom is 0.227 e. The molecule has 2 aromatic rings. The van der Waals surface area contributed by atoms with E-state index in [1.54, 1.807) is 11.3 Å². The third-order valence-electron chi connectivity index (χ3n) is 4.27. The summed E-state index contributed by atoms with van der Waals surface area (Å²) in [7, 11) is 0. The Bertz CT molecular complexity index is 657. The number of likely N-dealkylation sites (tertiary alicyclic amines) is 1. The van der Waals surface area contributed by atoms with Crippen LogP contribution in [0.2, 0.25) is 0 Å². The number of nitrogens with zero attached hydrogens (tertiary/aromatic N) is 3. The molecule has 0 radical (unpaired) electrons. The summed E-state index contributed by atoms with van der Waals surface area (Å²) in [6.45, 7) is 7.37. The van der Waals surface area contributed by atoms with Crippen LogP contribution in [0.25, 0.3) is 0 Å². The van der Waals surface area contributed by atoms with Crippen LogP contribution >= 0.6 is 11.3 Å². The highest BCUT2D eigenvalue weighted by atomic mass is 32.1. The van der Waals surface area contributed by atoms with E-state index in [0.29, 0.717) is 12.3 Å². The minimum Gasteiger partial charge on any atom is -0.361 e. The first-order valence-corrected chi connectivity index (χ1v) is 8.54. The van der Waals surface area contributed by atoms with E-state index in [9.17, 15) is 4.79 Å². The van der Waals surface area contributed by atoms with Crippen LogP contribution in [-0.2, 0) is 11.2 Å². The minimum absolute atomic E-state index is 0.160. The molecule has 1 saturated heterocycles. The standard InChI is InChI=1S/C16H21N3O2S/c1-10-9-22-16(17-10)13-5-4-6-19(8-13)15(20)7-14-11(2)18-21-12(14)3/h9,13H,4-8H2,1-3H3. The molecule has 0 aliphatic carbocycles. The lowest BCUT2D eigenvalue weighted by atomic mass is 9.98. The summed E-state index contributed by atoms with van der Waals surface area (Å²) < 4.78 is 5.15. The molecule has 2 aromatic heterocycles. The van der Waals surface area contributed by atoms with Gasteiger partial charge in [-0.3, -0.25) is 4.79 Å². The van der Waals surface area contributed by atoms with Gasteiger partial charge >= 0.3 is 0 Å². The van der Waals surface area contributed by atoms with Crippen LogP contribution in [0.3, 0.4) is 0 Å². The second-order valence-corrected chi connectivity index (χ2v) is 6.88. The van der Waals surface area contributed by atoms with Crippen LogP contribution in [0.4, 0.5) is 0 Å². The molecule has 1 fully saturated rings. The van der Waals surface area contributed by atoms with Crippen LogP contribution in [0.15, 0.2) is 9.90 Å². The summed E-state index contributed by atoms with van der Waals surface area (Å²) >= 11 is 1.71. The van der Waals surface area contributed by atoms with Crippen molar-refractivity contribution in [2.24, 2.45) is 0 Å². The predicted octanol–water partition coefficient (Wildman–Crippen LogP) is 3.01. The third-order valence-corrected chi connectivity index (χ3v) is 5.39. The van der Waals surface area contributed by atoms with Gasteiger partial charge in [-0.25, -0.2) is 4.98 Å². The molecule has 0 aromatic carbocycles. The highest BCUT2D eigenvalue weighted by Gasteiger charge is 2.27. The lowest BCUT2D eigenvalue weighted by Crippen LogP contribution is -2.40. The number of piperidine rings is 1. The van der Waals surface area contributed by atoms with E-state index in [0.717, 1.165) is 53.7 Å². The number of aryl methyl sites for hydroxylation is 3. The van der Waals surface area contributed by atoms with Gasteiger partial charge < -0.3 is 9.42 Å². The average molecular weight is 319 g/mol. The molecule has 22 heavy (non-hydrogen) atoms. The molecule has 1 amide bonds. The lowest BCUT2D eigenvalue weighted by Gasteiger charge is -2.32. The second kappa shape index (κ2) is 6.20. The highest BCUT2D eigenvalue weighted by Crippen LogP contribution is 2.29. The summed E-state index contributed by atoms with van der Waals surface area (Å²) in [6.07, 6.45) is 2.53. The maximum absolute atomic E-state index is 12.6. The Morgan fingerprint density at radius 3 is 2.91 bits per heavy atom. The van der Waals surface area contributed by atoms with Gasteiger partial charge in [-0.2, -0.15) is 0 Å². The SMILES string of the molecule is Cc1csc(C2CCCN(C(=O)Cc3c(C)noc3C)C2)n1. The zero-order valence-corrected chi connectivity index (χ0v) is 14.1. The monoisotopic (exact) mass is 319 g/mol. The molecule has 1 atom stereocenters. The molecule has 1 unspecified atom stereocenters. The number of carbonyl (C=O) groups is 1. The fourth-order valence-electron chi connectivity index (χ4n) is 2.98. The van der Waals surface area contributed by atoms with E-state index in [1.807, 2.05) is 25.7 Å². The van der Waals surface area contributed by atoms with Crippen LogP contribution < -0.4 is 0 Å². The molecule has 0 saturated carbocycles. The zero-order chi connectivity index (χ0) is 15.7. The van der Waals surface area contributed by atoms with Crippen LogP contribution in [-0.4, -0.2) is 34.0 Å². The molecule has 118 valence electrons. The number of rotatable bonds is 3. The molecule has 1 aliphatic rings. The Balaban J connectivity index is 1.68. The topological polar surface area (TPSA) is 59.2 Å². The van der Waals surface area contributed by atoms with Crippen molar-refractivity contribution in [3.05, 3.63) is 33.1 Å². The first-order chi connectivity index (χ1) is 10.5. The van der Waals surface area contributed by atoms with E-state index in [1.165, 1.54) is 0 Å². The molecule has 0 spiro atoms. The zero-order valence-electron chi connectivity index (χ0n) is 13.3. The van der Waals surface area contributed by atoms with E-state index >= 15 is 0 Å². The number of carbonyl (C=O) groups excluding carboxylic acids is 1. The van der Waals surface area contributed by atoms with Gasteiger partial charge in [0.05, 0.1) is 17.1 Å². The van der Waals surface area contributed by atoms with Crippen LogP contribution in [0, 0.1) is 20.8 Å². The maximum atomic E-state index is 12.6. The fraction of sp³-hybridized carbons (Fsp3) is 0.562. The molecule has 0 N–H and O–H groups in total. The second-order valence-electron chi connectivity index (χ2n) is 5.99. The normalized spacial score (nSPS) is 18.7. The van der Waals surface area contributed by atoms with Crippen molar-refractivity contribution in [2.75, 3.05) is 13.1 Å². The largest absolute Gasteiger partial charge is 0.361 e. The molecular formula is C16H21N3O2S. The van der Waals surface area contributed by atoms with Gasteiger partial charge in [0.1, 0.15) is 5.76 Å². The van der Waals surface area contributed by atoms with Crippen LogP contribution in [0.5, 0.6) is 0 Å². The van der Waals surface area contributed by atoms with Gasteiger partial charge in [-0.15, -0.1) is 11.3 Å². The number of amides is 1. The molecule has 3 rings (SSSR count). The Morgan fingerprint density at radius 1 is 1.45 bits per heavy atom. The summed E-state index contributed by atoms with van der Waals surface area (Å²) in [5, 5.41) is 7.17. The van der Waals surface area contributed by atoms with Gasteiger partial charge in [0.25, 0.3) is 0 Å². The van der Waals surface area contributed by atoms with Gasteiger partial charge in [-0.1, -0.05) is 5.16 Å². The summed E-state index contributed by atoms with van der Waals surface area (Å²) in [6, 6.07) is 0. The van der Waals surface area contributed by atoms with Crippen molar-refractivity contribution in [3.8, 4) is 0 Å². The van der Waals surface area contributed by atoms with Crippen LogP contribution in [0.1, 0.15) is 46.5 Å². The Kier molecular flexibility index (Phi) is 4.29. The molecular weight excluding hydrogens is 298 g/mol. The van der Waals surface area contributed by atoms with Gasteiger partial charge in [0.2, 0.25) is 5.91 Å². The number of aromatic nitrogens is 2. The van der Waals surface area contributed by atoms with Crippen molar-refractivity contribution in [1.29, 1.82) is 0 Å². The average Bonchev–Trinajstić information content (AvgIpc) is 3.08. The Morgan fingerprint density at radius 2 is 2.27 bits per heavy atom. The predicted molar refractivity (Wildman–Crippen MR) is 85.1 cm³/mol. The molecule has 0 bridgehead atoms. The molecule has 5 nitrogen and oxygen atoms in total. The smallest absolute Gasteiger partial charge is 0.227 e. The van der Waals surface area contributed by atoms with Crippen molar-refractivity contribution in [1.82, 2.24) is 15.0 Å². The van der Waals surface area contributed by atoms with Gasteiger partial charge in [0.15, 0.2) is 0 Å². The van der Waals surface area contributed by atoms with Crippen molar-refractivity contribution < 1.29 is 9.32 Å². The fourth-order valence-corrected chi connectivity index (χ4v) is 3.91. The van der Waals surface area contributed by atoms with E-state index < -0.39 is 0 Å². The third kappa shape index (κ3) is 3.06. The van der Waals surface area contributed by atoms with Gasteiger partial charge in [0, 0.05) is 35.6 Å². The van der Waals surface area contributed by atoms with Crippen molar-refractivity contribution in [3.63, 3.8) is 0 Å². The van der Waals surface area contributed by atoms with E-state index in [-0.39, 0.29) is 5.91 Å². The van der Waals surface area contributed by atoms with Crippen molar-refractivity contribution >= 4 is 17.2 Å². The summed E-state index contributed by atoms with van der Waals surface area (Å²) in [4.78, 5) is 19.1. The Labute approximate surface area is 134 Å². The molecule has 1 aliphatic heterocycles. The molecule has 6 heteroatoms. The number of thiazole rings is 1. The molecule has 3 heterocycles. The number of hydrogen-bond acceptors (Lipinski definition) is 5. The minimum atomic E-state index is 0.160. The van der Waals surface area contributed by atoms with E-state index in [2.05, 4.69) is 15.5 Å². The quantitative estimate of drug-likeness (QED) is 0.872. The first-order valence-electron chi connectivity index (χ1n) is 7.66. The van der Waals surface area contributed by atoms with E-state index in [4.69, 9.17) is 4.52 Å². The first kappa shape index (κ1) is 15.2. The van der Waals surface area contributed by atoms with Crippen molar-refractivity contribution in [2.45, 2.75) is 46.0 Å². The summed E-state index contributed by atoms with van der Waals surface area (Å²) in [5.41, 5.74) is 2.81. The van der Waals surface area contributed by atoms with Gasteiger partial charge in [-0.05, 0) is 33.6 Å².